The number of hydrogen-bond acceptors (Lipinski definition) is 1. The molecule has 0 amide bonds. The van der Waals surface area contributed by atoms with Crippen LogP contribution >= 0.6 is 31.9 Å². The number of benzene rings is 1. The van der Waals surface area contributed by atoms with Gasteiger partial charge in [0.25, 0.3) is 0 Å². The molecule has 0 aliphatic carbocycles. The van der Waals surface area contributed by atoms with Gasteiger partial charge in [-0.1, -0.05) is 0 Å². The van der Waals surface area contributed by atoms with Gasteiger partial charge in [0, 0.05) is 4.47 Å². The van der Waals surface area contributed by atoms with Crippen molar-refractivity contribution in [2.45, 2.75) is 0 Å². The average molecular weight is 279 g/mol. The molecule has 1 rings (SSSR count). The van der Waals surface area contributed by atoms with Crippen molar-refractivity contribution in [1.82, 2.24) is 0 Å². The number of nitrogens with zero attached hydrogens (tertiary/aromatic N) is 1. The second-order valence-electron chi connectivity index (χ2n) is 1.86. The summed E-state index contributed by atoms with van der Waals surface area (Å²) in [6, 6.07) is 4.60. The SMILES string of the molecule is N#Cc1cc(Br)c(F)cc1Br. The Bertz CT molecular complexity index is 330. The second-order valence-corrected chi connectivity index (χ2v) is 3.57. The summed E-state index contributed by atoms with van der Waals surface area (Å²) in [4.78, 5) is 0. The molecule has 1 aromatic rings. The first-order valence-corrected chi connectivity index (χ1v) is 4.28. The van der Waals surface area contributed by atoms with E-state index >= 15 is 0 Å². The first kappa shape index (κ1) is 8.69. The highest BCUT2D eigenvalue weighted by Gasteiger charge is 2.04. The summed E-state index contributed by atoms with van der Waals surface area (Å²) in [5, 5.41) is 8.51. The quantitative estimate of drug-likeness (QED) is 0.669. The van der Waals surface area contributed by atoms with Gasteiger partial charge < -0.3 is 0 Å². The van der Waals surface area contributed by atoms with Gasteiger partial charge in [0.1, 0.15) is 11.9 Å². The molecule has 0 spiro atoms. The Balaban J connectivity index is 3.35. The van der Waals surface area contributed by atoms with Crippen molar-refractivity contribution >= 4 is 31.9 Å². The molecular weight excluding hydrogens is 277 g/mol. The van der Waals surface area contributed by atoms with Crippen LogP contribution in [0.5, 0.6) is 0 Å². The molecule has 1 nitrogen and oxygen atoms in total. The van der Waals surface area contributed by atoms with Crippen LogP contribution in [0.1, 0.15) is 5.56 Å². The van der Waals surface area contributed by atoms with Crippen LogP contribution in [0.3, 0.4) is 0 Å². The van der Waals surface area contributed by atoms with Gasteiger partial charge in [0.05, 0.1) is 10.0 Å². The van der Waals surface area contributed by atoms with Gasteiger partial charge in [-0.2, -0.15) is 5.26 Å². The molecule has 0 saturated carbocycles. The van der Waals surface area contributed by atoms with Gasteiger partial charge in [-0.25, -0.2) is 4.39 Å². The molecule has 0 saturated heterocycles. The topological polar surface area (TPSA) is 23.8 Å². The lowest BCUT2D eigenvalue weighted by molar-refractivity contribution is 0.620. The largest absolute Gasteiger partial charge is 0.206 e. The summed E-state index contributed by atoms with van der Waals surface area (Å²) in [7, 11) is 0. The van der Waals surface area contributed by atoms with Gasteiger partial charge in [-0.3, -0.25) is 0 Å². The molecule has 0 bridgehead atoms. The minimum absolute atomic E-state index is 0.303. The van der Waals surface area contributed by atoms with Crippen molar-refractivity contribution in [3.8, 4) is 6.07 Å². The molecule has 0 N–H and O–H groups in total. The van der Waals surface area contributed by atoms with E-state index < -0.39 is 0 Å². The highest BCUT2D eigenvalue weighted by Crippen LogP contribution is 2.23. The molecule has 0 aliphatic rings. The Morgan fingerprint density at radius 1 is 1.27 bits per heavy atom. The third kappa shape index (κ3) is 1.79. The van der Waals surface area contributed by atoms with Gasteiger partial charge in [-0.15, -0.1) is 0 Å². The fourth-order valence-electron chi connectivity index (χ4n) is 0.608. The van der Waals surface area contributed by atoms with Crippen LogP contribution in [0.25, 0.3) is 0 Å². The first-order chi connectivity index (χ1) is 5.15. The molecule has 0 aromatic heterocycles. The molecule has 56 valence electrons. The van der Waals surface area contributed by atoms with Crippen molar-refractivity contribution in [2.24, 2.45) is 0 Å². The molecule has 0 aliphatic heterocycles. The minimum atomic E-state index is -0.379. The fourth-order valence-corrected chi connectivity index (χ4v) is 1.36. The lowest BCUT2D eigenvalue weighted by Gasteiger charge is -1.96. The zero-order valence-electron chi connectivity index (χ0n) is 5.24. The zero-order chi connectivity index (χ0) is 8.43. The van der Waals surface area contributed by atoms with E-state index in [-0.39, 0.29) is 5.82 Å². The Morgan fingerprint density at radius 2 is 1.91 bits per heavy atom. The molecule has 0 fully saturated rings. The number of rotatable bonds is 0. The Morgan fingerprint density at radius 3 is 2.45 bits per heavy atom. The highest BCUT2D eigenvalue weighted by atomic mass is 79.9. The van der Waals surface area contributed by atoms with Gasteiger partial charge in [-0.05, 0) is 44.0 Å². The van der Waals surface area contributed by atoms with Crippen molar-refractivity contribution in [1.29, 1.82) is 5.26 Å². The van der Waals surface area contributed by atoms with Crippen LogP contribution in [0.15, 0.2) is 21.1 Å². The molecule has 11 heavy (non-hydrogen) atoms. The maximum Gasteiger partial charge on any atom is 0.138 e. The monoisotopic (exact) mass is 277 g/mol. The van der Waals surface area contributed by atoms with Gasteiger partial charge in [0.15, 0.2) is 0 Å². The van der Waals surface area contributed by atoms with E-state index in [4.69, 9.17) is 5.26 Å². The molecule has 0 heterocycles. The van der Waals surface area contributed by atoms with E-state index in [1.54, 1.807) is 0 Å². The van der Waals surface area contributed by atoms with Crippen LogP contribution in [0.2, 0.25) is 0 Å². The lowest BCUT2D eigenvalue weighted by Crippen LogP contribution is -1.82. The Labute approximate surface area is 80.1 Å². The maximum absolute atomic E-state index is 12.7. The third-order valence-electron chi connectivity index (χ3n) is 1.13. The van der Waals surface area contributed by atoms with E-state index in [9.17, 15) is 4.39 Å². The zero-order valence-corrected chi connectivity index (χ0v) is 8.41. The Kier molecular flexibility index (Phi) is 2.63. The van der Waals surface area contributed by atoms with E-state index in [1.807, 2.05) is 6.07 Å². The van der Waals surface area contributed by atoms with Crippen LogP contribution in [0, 0.1) is 17.1 Å². The molecule has 4 heteroatoms. The van der Waals surface area contributed by atoms with Crippen molar-refractivity contribution < 1.29 is 4.39 Å². The van der Waals surface area contributed by atoms with Crippen molar-refractivity contribution in [2.75, 3.05) is 0 Å². The van der Waals surface area contributed by atoms with Crippen LogP contribution in [-0.2, 0) is 0 Å². The molecule has 0 radical (unpaired) electrons. The van der Waals surface area contributed by atoms with Gasteiger partial charge >= 0.3 is 0 Å². The van der Waals surface area contributed by atoms with Crippen molar-refractivity contribution in [3.05, 3.63) is 32.5 Å². The van der Waals surface area contributed by atoms with Crippen LogP contribution in [-0.4, -0.2) is 0 Å². The standard InChI is InChI=1S/C7H2Br2FN/c8-5-2-7(10)6(9)1-4(5)3-11/h1-2H. The molecule has 1 aromatic carbocycles. The smallest absolute Gasteiger partial charge is 0.138 e. The van der Waals surface area contributed by atoms with E-state index in [0.29, 0.717) is 14.5 Å². The number of hydrogen-bond donors (Lipinski definition) is 0. The van der Waals surface area contributed by atoms with Crippen LogP contribution in [0.4, 0.5) is 4.39 Å². The summed E-state index contributed by atoms with van der Waals surface area (Å²) in [5.41, 5.74) is 0.415. The molecule has 0 unspecified atom stereocenters. The van der Waals surface area contributed by atoms with E-state index in [1.165, 1.54) is 12.1 Å². The van der Waals surface area contributed by atoms with E-state index in [0.717, 1.165) is 0 Å². The van der Waals surface area contributed by atoms with E-state index in [2.05, 4.69) is 31.9 Å². The summed E-state index contributed by atoms with van der Waals surface area (Å²) in [6.45, 7) is 0. The van der Waals surface area contributed by atoms with Gasteiger partial charge in [0.2, 0.25) is 0 Å². The number of nitriles is 1. The average Bonchev–Trinajstić information content (AvgIpc) is 1.97. The minimum Gasteiger partial charge on any atom is -0.206 e. The first-order valence-electron chi connectivity index (χ1n) is 2.70. The summed E-state index contributed by atoms with van der Waals surface area (Å²) in [5.74, 6) is -0.379. The number of halogens is 3. The molecule has 0 atom stereocenters. The summed E-state index contributed by atoms with van der Waals surface area (Å²) < 4.78 is 13.5. The fraction of sp³-hybridized carbons (Fsp3) is 0. The summed E-state index contributed by atoms with van der Waals surface area (Å²) >= 11 is 6.03. The second kappa shape index (κ2) is 3.33. The maximum atomic E-state index is 12.7. The predicted molar refractivity (Wildman–Crippen MR) is 46.5 cm³/mol. The predicted octanol–water partition coefficient (Wildman–Crippen LogP) is 3.22. The Hall–Kier alpha value is -0.400. The normalized spacial score (nSPS) is 9.27. The van der Waals surface area contributed by atoms with Crippen molar-refractivity contribution in [3.63, 3.8) is 0 Å². The third-order valence-corrected chi connectivity index (χ3v) is 2.39. The van der Waals surface area contributed by atoms with Crippen LogP contribution < -0.4 is 0 Å². The highest BCUT2D eigenvalue weighted by molar-refractivity contribution is 9.11. The lowest BCUT2D eigenvalue weighted by atomic mass is 10.2. The molecular formula is C7H2Br2FN. The summed E-state index contributed by atoms with van der Waals surface area (Å²) in [6.07, 6.45) is 0.